The van der Waals surface area contributed by atoms with Crippen molar-refractivity contribution in [3.63, 3.8) is 0 Å². The first-order chi connectivity index (χ1) is 15.5. The van der Waals surface area contributed by atoms with Gasteiger partial charge in [0.15, 0.2) is 16.3 Å². The molecule has 2 aliphatic heterocycles. The van der Waals surface area contributed by atoms with Gasteiger partial charge >= 0.3 is 0 Å². The zero-order chi connectivity index (χ0) is 22.2. The van der Waals surface area contributed by atoms with Gasteiger partial charge in [-0.05, 0) is 24.6 Å². The molecule has 3 amide bonds. The quantitative estimate of drug-likeness (QED) is 0.568. The molecule has 2 aromatic carbocycles. The standard InChI is InChI=1S/C23H21N3O5S/c1-2-8-25-16-12-17-18(31-10-9-30-17)13-19(16)32-23(25)24-22(29)14-4-3-5-15(11-14)26-20(27)6-7-21(26)28/h3-5,11-13H,2,6-10H2,1H3. The first-order valence-corrected chi connectivity index (χ1v) is 11.3. The van der Waals surface area contributed by atoms with Crippen molar-refractivity contribution in [2.45, 2.75) is 32.7 Å². The van der Waals surface area contributed by atoms with Crippen molar-refractivity contribution in [1.82, 2.24) is 4.57 Å². The number of benzene rings is 2. The molecule has 0 spiro atoms. The van der Waals surface area contributed by atoms with Crippen LogP contribution in [0.1, 0.15) is 36.5 Å². The van der Waals surface area contributed by atoms with Gasteiger partial charge in [0.25, 0.3) is 5.91 Å². The molecular formula is C23H21N3O5S. The van der Waals surface area contributed by atoms with Gasteiger partial charge in [-0.1, -0.05) is 24.3 Å². The molecule has 1 saturated heterocycles. The van der Waals surface area contributed by atoms with Gasteiger partial charge in [0.05, 0.1) is 15.9 Å². The van der Waals surface area contributed by atoms with Gasteiger partial charge in [-0.25, -0.2) is 0 Å². The van der Waals surface area contributed by atoms with E-state index in [1.807, 2.05) is 16.7 Å². The summed E-state index contributed by atoms with van der Waals surface area (Å²) in [7, 11) is 0. The lowest BCUT2D eigenvalue weighted by atomic mass is 10.2. The summed E-state index contributed by atoms with van der Waals surface area (Å²) >= 11 is 1.41. The molecule has 3 aromatic rings. The second-order valence-corrected chi connectivity index (χ2v) is 8.60. The maximum absolute atomic E-state index is 13.0. The number of rotatable bonds is 4. The van der Waals surface area contributed by atoms with Crippen LogP contribution in [0.4, 0.5) is 5.69 Å². The van der Waals surface area contributed by atoms with Gasteiger partial charge in [-0.2, -0.15) is 4.99 Å². The van der Waals surface area contributed by atoms with Crippen molar-refractivity contribution in [2.24, 2.45) is 4.99 Å². The summed E-state index contributed by atoms with van der Waals surface area (Å²) in [6.07, 6.45) is 1.26. The van der Waals surface area contributed by atoms with Crippen LogP contribution in [0, 0.1) is 0 Å². The Bertz CT molecular complexity index is 1310. The number of anilines is 1. The molecular weight excluding hydrogens is 430 g/mol. The number of ether oxygens (including phenoxy) is 2. The van der Waals surface area contributed by atoms with Gasteiger partial charge in [0.1, 0.15) is 13.2 Å². The Hall–Kier alpha value is -3.46. The van der Waals surface area contributed by atoms with E-state index in [2.05, 4.69) is 11.9 Å². The number of amides is 3. The van der Waals surface area contributed by atoms with Crippen LogP contribution in [-0.2, 0) is 16.1 Å². The fraction of sp³-hybridized carbons (Fsp3) is 0.304. The van der Waals surface area contributed by atoms with Crippen LogP contribution in [0.5, 0.6) is 11.5 Å². The third-order valence-corrected chi connectivity index (χ3v) is 6.44. The Balaban J connectivity index is 1.56. The van der Waals surface area contributed by atoms with E-state index >= 15 is 0 Å². The molecule has 9 heteroatoms. The smallest absolute Gasteiger partial charge is 0.279 e. The van der Waals surface area contributed by atoms with Crippen molar-refractivity contribution in [2.75, 3.05) is 18.1 Å². The van der Waals surface area contributed by atoms with Crippen LogP contribution in [0.25, 0.3) is 10.2 Å². The lowest BCUT2D eigenvalue weighted by Gasteiger charge is -2.18. The Kier molecular flexibility index (Phi) is 5.26. The summed E-state index contributed by atoms with van der Waals surface area (Å²) in [5.41, 5.74) is 1.66. The Morgan fingerprint density at radius 1 is 1.06 bits per heavy atom. The number of carbonyl (C=O) groups is 3. The summed E-state index contributed by atoms with van der Waals surface area (Å²) in [5.74, 6) is 0.446. The van der Waals surface area contributed by atoms with Crippen LogP contribution in [0.2, 0.25) is 0 Å². The monoisotopic (exact) mass is 451 g/mol. The third kappa shape index (κ3) is 3.58. The number of nitrogens with zero attached hydrogens (tertiary/aromatic N) is 3. The summed E-state index contributed by atoms with van der Waals surface area (Å²) < 4.78 is 14.4. The molecule has 0 bridgehead atoms. The second kappa shape index (κ2) is 8.23. The number of thiazole rings is 1. The molecule has 0 radical (unpaired) electrons. The minimum absolute atomic E-state index is 0.192. The lowest BCUT2D eigenvalue weighted by molar-refractivity contribution is -0.121. The number of hydrogen-bond donors (Lipinski definition) is 0. The maximum atomic E-state index is 13.0. The Morgan fingerprint density at radius 3 is 2.50 bits per heavy atom. The van der Waals surface area contributed by atoms with Crippen LogP contribution < -0.4 is 19.2 Å². The Morgan fingerprint density at radius 2 is 1.78 bits per heavy atom. The van der Waals surface area contributed by atoms with Gasteiger partial charge in [0, 0.05) is 37.1 Å². The van der Waals surface area contributed by atoms with Gasteiger partial charge in [-0.15, -0.1) is 0 Å². The van der Waals surface area contributed by atoms with Crippen molar-refractivity contribution < 1.29 is 23.9 Å². The number of aryl methyl sites for hydroxylation is 1. The third-order valence-electron chi connectivity index (χ3n) is 5.39. The minimum Gasteiger partial charge on any atom is -0.486 e. The zero-order valence-corrected chi connectivity index (χ0v) is 18.3. The van der Waals surface area contributed by atoms with Crippen LogP contribution in [-0.4, -0.2) is 35.5 Å². The van der Waals surface area contributed by atoms with Crippen LogP contribution in [0.3, 0.4) is 0 Å². The fourth-order valence-corrected chi connectivity index (χ4v) is 4.99. The van der Waals surface area contributed by atoms with E-state index in [4.69, 9.17) is 9.47 Å². The van der Waals surface area contributed by atoms with E-state index in [0.717, 1.165) is 21.5 Å². The normalized spacial score (nSPS) is 16.3. The number of carbonyl (C=O) groups excluding carboxylic acids is 3. The maximum Gasteiger partial charge on any atom is 0.279 e. The molecule has 32 heavy (non-hydrogen) atoms. The average molecular weight is 452 g/mol. The molecule has 0 N–H and O–H groups in total. The summed E-state index contributed by atoms with van der Waals surface area (Å²) in [4.78, 5) is 43.2. The molecule has 1 fully saturated rings. The average Bonchev–Trinajstić information content (AvgIpc) is 3.31. The highest BCUT2D eigenvalue weighted by Gasteiger charge is 2.30. The molecule has 5 rings (SSSR count). The van der Waals surface area contributed by atoms with Gasteiger partial charge < -0.3 is 14.0 Å². The van der Waals surface area contributed by atoms with E-state index in [9.17, 15) is 14.4 Å². The molecule has 3 heterocycles. The van der Waals surface area contributed by atoms with Gasteiger partial charge in [-0.3, -0.25) is 19.3 Å². The zero-order valence-electron chi connectivity index (χ0n) is 17.5. The second-order valence-electron chi connectivity index (χ2n) is 7.59. The number of hydrogen-bond acceptors (Lipinski definition) is 6. The van der Waals surface area contributed by atoms with Crippen LogP contribution in [0.15, 0.2) is 41.4 Å². The SMILES string of the molecule is CCCn1c(=NC(=O)c2cccc(N3C(=O)CCC3=O)c2)sc2cc3c(cc21)OCCO3. The largest absolute Gasteiger partial charge is 0.486 e. The first-order valence-electron chi connectivity index (χ1n) is 10.5. The lowest BCUT2D eigenvalue weighted by Crippen LogP contribution is -2.28. The summed E-state index contributed by atoms with van der Waals surface area (Å²) in [5, 5.41) is 0. The van der Waals surface area contributed by atoms with Crippen molar-refractivity contribution in [3.05, 3.63) is 46.8 Å². The van der Waals surface area contributed by atoms with Crippen LogP contribution >= 0.6 is 11.3 Å². The molecule has 164 valence electrons. The van der Waals surface area contributed by atoms with E-state index in [1.165, 1.54) is 11.3 Å². The van der Waals surface area contributed by atoms with E-state index in [1.54, 1.807) is 24.3 Å². The van der Waals surface area contributed by atoms with Crippen molar-refractivity contribution in [3.8, 4) is 11.5 Å². The molecule has 8 nitrogen and oxygen atoms in total. The molecule has 0 aliphatic carbocycles. The number of fused-ring (bicyclic) bond motifs is 2. The molecule has 0 atom stereocenters. The topological polar surface area (TPSA) is 90.2 Å². The molecule has 0 unspecified atom stereocenters. The van der Waals surface area contributed by atoms with E-state index < -0.39 is 5.91 Å². The highest BCUT2D eigenvalue weighted by molar-refractivity contribution is 7.16. The molecule has 2 aliphatic rings. The predicted octanol–water partition coefficient (Wildman–Crippen LogP) is 3.28. The summed E-state index contributed by atoms with van der Waals surface area (Å²) in [6, 6.07) is 10.4. The first kappa shape index (κ1) is 20.4. The van der Waals surface area contributed by atoms with E-state index in [0.29, 0.717) is 47.3 Å². The van der Waals surface area contributed by atoms with Gasteiger partial charge in [0.2, 0.25) is 11.8 Å². The molecule has 1 aromatic heterocycles. The number of imide groups is 1. The van der Waals surface area contributed by atoms with Crippen molar-refractivity contribution in [1.29, 1.82) is 0 Å². The highest BCUT2D eigenvalue weighted by Crippen LogP contribution is 2.35. The number of aromatic nitrogens is 1. The predicted molar refractivity (Wildman–Crippen MR) is 119 cm³/mol. The molecule has 0 saturated carbocycles. The summed E-state index contributed by atoms with van der Waals surface area (Å²) in [6.45, 7) is 3.77. The minimum atomic E-state index is -0.431. The van der Waals surface area contributed by atoms with Crippen molar-refractivity contribution >= 4 is 45.0 Å². The highest BCUT2D eigenvalue weighted by atomic mass is 32.1. The van der Waals surface area contributed by atoms with E-state index in [-0.39, 0.29) is 24.7 Å². The Labute approximate surface area is 187 Å². The fourth-order valence-electron chi connectivity index (χ4n) is 3.93.